The van der Waals surface area contributed by atoms with Crippen LogP contribution in [0.1, 0.15) is 29.6 Å². The van der Waals surface area contributed by atoms with Crippen LogP contribution in [0.2, 0.25) is 0 Å². The van der Waals surface area contributed by atoms with Crippen molar-refractivity contribution in [2.75, 3.05) is 13.1 Å². The van der Waals surface area contributed by atoms with Gasteiger partial charge in [-0.15, -0.1) is 0 Å². The Morgan fingerprint density at radius 1 is 1.22 bits per heavy atom. The van der Waals surface area contributed by atoms with Gasteiger partial charge < -0.3 is 20.8 Å². The molecule has 4 N–H and O–H groups in total. The third-order valence-electron chi connectivity index (χ3n) is 2.89. The fourth-order valence-electron chi connectivity index (χ4n) is 1.65. The molecule has 5 nitrogen and oxygen atoms in total. The van der Waals surface area contributed by atoms with Crippen LogP contribution < -0.4 is 10.6 Å². The lowest BCUT2D eigenvalue weighted by Crippen LogP contribution is -2.27. The zero-order valence-corrected chi connectivity index (χ0v) is 10.1. The van der Waals surface area contributed by atoms with Gasteiger partial charge in [-0.25, -0.2) is 0 Å². The van der Waals surface area contributed by atoms with Gasteiger partial charge in [0.25, 0.3) is 5.91 Å². The third kappa shape index (κ3) is 3.63. The monoisotopic (exact) mass is 250 g/mol. The topological polar surface area (TPSA) is 81.6 Å². The van der Waals surface area contributed by atoms with E-state index in [4.69, 9.17) is 5.11 Å². The molecular formula is C13H18N2O3. The number of benzene rings is 1. The Labute approximate surface area is 106 Å². The number of carbonyl (C=O) groups excluding carboxylic acids is 1. The van der Waals surface area contributed by atoms with Crippen LogP contribution in [0.25, 0.3) is 0 Å². The molecule has 1 aliphatic carbocycles. The van der Waals surface area contributed by atoms with E-state index in [0.29, 0.717) is 18.2 Å². The van der Waals surface area contributed by atoms with Gasteiger partial charge in [0.15, 0.2) is 11.5 Å². The van der Waals surface area contributed by atoms with Gasteiger partial charge in [0.2, 0.25) is 0 Å². The van der Waals surface area contributed by atoms with Crippen molar-refractivity contribution >= 4 is 5.91 Å². The summed E-state index contributed by atoms with van der Waals surface area (Å²) in [5, 5.41) is 24.6. The van der Waals surface area contributed by atoms with Gasteiger partial charge in [-0.1, -0.05) is 0 Å². The molecule has 0 unspecified atom stereocenters. The zero-order valence-electron chi connectivity index (χ0n) is 10.1. The second kappa shape index (κ2) is 5.73. The number of aromatic hydroxyl groups is 2. The number of rotatable bonds is 6. The van der Waals surface area contributed by atoms with E-state index < -0.39 is 0 Å². The summed E-state index contributed by atoms with van der Waals surface area (Å²) >= 11 is 0. The lowest BCUT2D eigenvalue weighted by atomic mass is 10.2. The predicted octanol–water partition coefficient (Wildman–Crippen LogP) is 0.970. The lowest BCUT2D eigenvalue weighted by molar-refractivity contribution is 0.0953. The smallest absolute Gasteiger partial charge is 0.251 e. The zero-order chi connectivity index (χ0) is 13.0. The minimum atomic E-state index is -0.280. The van der Waals surface area contributed by atoms with E-state index in [0.717, 1.165) is 13.0 Å². The van der Waals surface area contributed by atoms with Crippen LogP contribution >= 0.6 is 0 Å². The van der Waals surface area contributed by atoms with Crippen molar-refractivity contribution in [3.8, 4) is 11.5 Å². The highest BCUT2D eigenvalue weighted by Gasteiger charge is 2.19. The molecule has 18 heavy (non-hydrogen) atoms. The Kier molecular flexibility index (Phi) is 4.04. The second-order valence-electron chi connectivity index (χ2n) is 4.54. The molecular weight excluding hydrogens is 232 g/mol. The Morgan fingerprint density at radius 2 is 2.00 bits per heavy atom. The van der Waals surface area contributed by atoms with Gasteiger partial charge in [0, 0.05) is 18.2 Å². The molecule has 1 aliphatic rings. The number of nitrogens with one attached hydrogen (secondary N) is 2. The van der Waals surface area contributed by atoms with Crippen molar-refractivity contribution in [2.24, 2.45) is 0 Å². The molecule has 0 heterocycles. The average molecular weight is 250 g/mol. The molecule has 98 valence electrons. The van der Waals surface area contributed by atoms with Gasteiger partial charge in [-0.05, 0) is 44.0 Å². The SMILES string of the molecule is O=C(NCCCNC1CC1)c1ccc(O)c(O)c1. The van der Waals surface area contributed by atoms with Crippen molar-refractivity contribution in [3.05, 3.63) is 23.8 Å². The Bertz CT molecular complexity index is 430. The summed E-state index contributed by atoms with van der Waals surface area (Å²) in [7, 11) is 0. The number of hydrogen-bond donors (Lipinski definition) is 4. The van der Waals surface area contributed by atoms with E-state index in [2.05, 4.69) is 10.6 Å². The summed E-state index contributed by atoms with van der Waals surface area (Å²) in [5.74, 6) is -0.741. The minimum absolute atomic E-state index is 0.222. The highest BCUT2D eigenvalue weighted by Crippen LogP contribution is 2.24. The standard InChI is InChI=1S/C13H18N2O3/c16-11-5-2-9(8-12(11)17)13(18)15-7-1-6-14-10-3-4-10/h2,5,8,10,14,16-17H,1,3-4,6-7H2,(H,15,18). The average Bonchev–Trinajstić information content (AvgIpc) is 3.16. The molecule has 1 fully saturated rings. The maximum Gasteiger partial charge on any atom is 0.251 e. The summed E-state index contributed by atoms with van der Waals surface area (Å²) in [6.07, 6.45) is 3.41. The maximum absolute atomic E-state index is 11.7. The molecule has 0 spiro atoms. The van der Waals surface area contributed by atoms with Crippen molar-refractivity contribution in [3.63, 3.8) is 0 Å². The van der Waals surface area contributed by atoms with Crippen LogP contribution in [-0.2, 0) is 0 Å². The largest absolute Gasteiger partial charge is 0.504 e. The lowest BCUT2D eigenvalue weighted by Gasteiger charge is -2.06. The molecule has 0 aromatic heterocycles. The molecule has 1 amide bonds. The molecule has 1 saturated carbocycles. The van der Waals surface area contributed by atoms with Crippen molar-refractivity contribution < 1.29 is 15.0 Å². The molecule has 0 saturated heterocycles. The Balaban J connectivity index is 1.70. The first-order valence-electron chi connectivity index (χ1n) is 6.20. The maximum atomic E-state index is 11.7. The first-order chi connectivity index (χ1) is 8.66. The normalized spacial score (nSPS) is 14.4. The number of carbonyl (C=O) groups is 1. The van der Waals surface area contributed by atoms with Gasteiger partial charge in [-0.2, -0.15) is 0 Å². The predicted molar refractivity (Wildman–Crippen MR) is 67.7 cm³/mol. The number of hydrogen-bond acceptors (Lipinski definition) is 4. The van der Waals surface area contributed by atoms with Crippen LogP contribution in [0, 0.1) is 0 Å². The van der Waals surface area contributed by atoms with Crippen molar-refractivity contribution in [1.82, 2.24) is 10.6 Å². The fourth-order valence-corrected chi connectivity index (χ4v) is 1.65. The van der Waals surface area contributed by atoms with Gasteiger partial charge in [-0.3, -0.25) is 4.79 Å². The third-order valence-corrected chi connectivity index (χ3v) is 2.89. The summed E-state index contributed by atoms with van der Waals surface area (Å²) < 4.78 is 0. The summed E-state index contributed by atoms with van der Waals surface area (Å²) in [6.45, 7) is 1.51. The molecule has 1 aromatic rings. The molecule has 1 aromatic carbocycles. The fraction of sp³-hybridized carbons (Fsp3) is 0.462. The first kappa shape index (κ1) is 12.7. The second-order valence-corrected chi connectivity index (χ2v) is 4.54. The Hall–Kier alpha value is -1.75. The quantitative estimate of drug-likeness (QED) is 0.448. The van der Waals surface area contributed by atoms with Crippen LogP contribution in [0.15, 0.2) is 18.2 Å². The molecule has 5 heteroatoms. The summed E-state index contributed by atoms with van der Waals surface area (Å²) in [5.41, 5.74) is 0.348. The van der Waals surface area contributed by atoms with E-state index in [1.807, 2.05) is 0 Å². The van der Waals surface area contributed by atoms with Crippen LogP contribution in [0.5, 0.6) is 11.5 Å². The van der Waals surface area contributed by atoms with E-state index in [1.54, 1.807) is 0 Å². The van der Waals surface area contributed by atoms with Crippen LogP contribution in [-0.4, -0.2) is 35.3 Å². The van der Waals surface area contributed by atoms with E-state index in [-0.39, 0.29) is 17.4 Å². The van der Waals surface area contributed by atoms with Gasteiger partial charge in [0.05, 0.1) is 0 Å². The Morgan fingerprint density at radius 3 is 2.67 bits per heavy atom. The van der Waals surface area contributed by atoms with E-state index in [9.17, 15) is 9.90 Å². The molecule has 0 radical (unpaired) electrons. The van der Waals surface area contributed by atoms with Gasteiger partial charge >= 0.3 is 0 Å². The van der Waals surface area contributed by atoms with Gasteiger partial charge in [0.1, 0.15) is 0 Å². The summed E-state index contributed by atoms with van der Waals surface area (Å²) in [4.78, 5) is 11.7. The molecule has 0 atom stereocenters. The summed E-state index contributed by atoms with van der Waals surface area (Å²) in [6, 6.07) is 4.73. The highest BCUT2D eigenvalue weighted by atomic mass is 16.3. The molecule has 2 rings (SSSR count). The van der Waals surface area contributed by atoms with Crippen LogP contribution in [0.3, 0.4) is 0 Å². The molecule has 0 aliphatic heterocycles. The van der Waals surface area contributed by atoms with Crippen molar-refractivity contribution in [2.45, 2.75) is 25.3 Å². The minimum Gasteiger partial charge on any atom is -0.504 e. The van der Waals surface area contributed by atoms with E-state index >= 15 is 0 Å². The first-order valence-corrected chi connectivity index (χ1v) is 6.20. The van der Waals surface area contributed by atoms with Crippen molar-refractivity contribution in [1.29, 1.82) is 0 Å². The van der Waals surface area contributed by atoms with Crippen LogP contribution in [0.4, 0.5) is 0 Å². The number of phenols is 2. The molecule has 0 bridgehead atoms. The number of phenolic OH excluding ortho intramolecular Hbond substituents is 2. The van der Waals surface area contributed by atoms with E-state index in [1.165, 1.54) is 31.0 Å². The number of amides is 1. The highest BCUT2D eigenvalue weighted by molar-refractivity contribution is 5.94.